The molecule has 0 spiro atoms. The fourth-order valence-corrected chi connectivity index (χ4v) is 1.78. The fourth-order valence-electron chi connectivity index (χ4n) is 1.78. The van der Waals surface area contributed by atoms with Crippen molar-refractivity contribution in [3.8, 4) is 11.1 Å². The van der Waals surface area contributed by atoms with Crippen molar-refractivity contribution in [1.29, 1.82) is 0 Å². The summed E-state index contributed by atoms with van der Waals surface area (Å²) in [5.74, 6) is -0.963. The summed E-state index contributed by atoms with van der Waals surface area (Å²) >= 11 is 0. The van der Waals surface area contributed by atoms with Crippen molar-refractivity contribution in [3.05, 3.63) is 59.7 Å². The second-order valence-electron chi connectivity index (χ2n) is 4.05. The van der Waals surface area contributed by atoms with Gasteiger partial charge in [-0.3, -0.25) is 0 Å². The Kier molecular flexibility index (Phi) is 4.20. The van der Waals surface area contributed by atoms with Crippen LogP contribution in [0.15, 0.2) is 48.5 Å². The lowest BCUT2D eigenvalue weighted by Crippen LogP contribution is -2.01. The summed E-state index contributed by atoms with van der Waals surface area (Å²) in [6, 6.07) is 13.8. The molecule has 0 amide bonds. The van der Waals surface area contributed by atoms with Gasteiger partial charge >= 0.3 is 20.0 Å². The van der Waals surface area contributed by atoms with E-state index in [1.54, 1.807) is 36.4 Å². The van der Waals surface area contributed by atoms with Gasteiger partial charge in [-0.25, -0.2) is 9.59 Å². The van der Waals surface area contributed by atoms with Crippen molar-refractivity contribution in [2.75, 3.05) is 7.11 Å². The monoisotopic (exact) mass is 266 g/mol. The molecule has 20 heavy (non-hydrogen) atoms. The van der Waals surface area contributed by atoms with E-state index in [0.717, 1.165) is 11.1 Å². The topological polar surface area (TPSA) is 52.6 Å². The van der Waals surface area contributed by atoms with Gasteiger partial charge in [0.05, 0.1) is 18.2 Å². The summed E-state index contributed by atoms with van der Waals surface area (Å²) in [6.45, 7) is 0. The van der Waals surface area contributed by atoms with E-state index in [-0.39, 0.29) is 5.97 Å². The Morgan fingerprint density at radius 1 is 0.800 bits per heavy atom. The maximum atomic E-state index is 11.3. The highest BCUT2D eigenvalue weighted by atomic mass is 16.5. The van der Waals surface area contributed by atoms with Crippen LogP contribution in [-0.4, -0.2) is 27.1 Å². The predicted octanol–water partition coefficient (Wildman–Crippen LogP) is 2.38. The summed E-state index contributed by atoms with van der Waals surface area (Å²) in [6.07, 6.45) is 0. The van der Waals surface area contributed by atoms with Crippen LogP contribution < -0.4 is 0 Å². The highest BCUT2D eigenvalue weighted by Gasteiger charge is 2.07. The van der Waals surface area contributed by atoms with Gasteiger partial charge in [0, 0.05) is 0 Å². The Labute approximate surface area is 117 Å². The van der Waals surface area contributed by atoms with Crippen LogP contribution in [0.3, 0.4) is 0 Å². The lowest BCUT2D eigenvalue weighted by atomic mass is 10.0. The zero-order valence-electron chi connectivity index (χ0n) is 10.8. The molecule has 5 heteroatoms. The molecule has 0 unspecified atom stereocenters. The smallest absolute Gasteiger partial charge is 0.378 e. The van der Waals surface area contributed by atoms with Crippen LogP contribution in [0.1, 0.15) is 20.7 Å². The number of ether oxygens (including phenoxy) is 1. The lowest BCUT2D eigenvalue weighted by Gasteiger charge is -2.05. The van der Waals surface area contributed by atoms with E-state index in [0.29, 0.717) is 11.1 Å². The molecule has 0 aromatic heterocycles. The van der Waals surface area contributed by atoms with Crippen molar-refractivity contribution in [2.45, 2.75) is 0 Å². The van der Waals surface area contributed by atoms with E-state index in [2.05, 4.69) is 9.39 Å². The normalized spacial score (nSPS) is 9.85. The molecule has 4 nitrogen and oxygen atoms in total. The zero-order valence-corrected chi connectivity index (χ0v) is 10.8. The Hall–Kier alpha value is -2.56. The highest BCUT2D eigenvalue weighted by molar-refractivity contribution is 6.09. The molecule has 0 fully saturated rings. The molecule has 2 radical (unpaired) electrons. The van der Waals surface area contributed by atoms with Crippen LogP contribution in [0.5, 0.6) is 0 Å². The van der Waals surface area contributed by atoms with Gasteiger partial charge in [-0.1, -0.05) is 24.3 Å². The average Bonchev–Trinajstić information content (AvgIpc) is 2.53. The maximum Gasteiger partial charge on any atom is 0.378 e. The first kappa shape index (κ1) is 13.9. The molecule has 0 saturated heterocycles. The minimum absolute atomic E-state index is 0.377. The van der Waals surface area contributed by atoms with Gasteiger partial charge in [0.25, 0.3) is 0 Å². The molecule has 0 saturated carbocycles. The average molecular weight is 266 g/mol. The van der Waals surface area contributed by atoms with Crippen LogP contribution in [0.2, 0.25) is 0 Å². The Bertz CT molecular complexity index is 560. The molecular formula is C15H11BO4. The second kappa shape index (κ2) is 6.06. The Morgan fingerprint density at radius 3 is 1.55 bits per heavy atom. The number of esters is 1. The molecule has 2 aromatic carbocycles. The third-order valence-corrected chi connectivity index (χ3v) is 2.87. The van der Waals surface area contributed by atoms with Crippen molar-refractivity contribution < 1.29 is 19.0 Å². The summed E-state index contributed by atoms with van der Waals surface area (Å²) in [5.41, 5.74) is 2.70. The Balaban J connectivity index is 2.23. The van der Waals surface area contributed by atoms with Gasteiger partial charge in [0.15, 0.2) is 0 Å². The van der Waals surface area contributed by atoms with Crippen LogP contribution in [0.4, 0.5) is 0 Å². The van der Waals surface area contributed by atoms with Crippen LogP contribution in [0.25, 0.3) is 11.1 Å². The standard InChI is InChI=1S/C15H11BO4/c1-19-14(17)12-6-2-10(3-7-12)11-4-8-13(9-5-11)15(18)20-16/h2-9H,1H3. The minimum atomic E-state index is -0.586. The van der Waals surface area contributed by atoms with Crippen molar-refractivity contribution in [1.82, 2.24) is 0 Å². The van der Waals surface area contributed by atoms with E-state index < -0.39 is 5.97 Å². The number of hydrogen-bond acceptors (Lipinski definition) is 4. The van der Waals surface area contributed by atoms with Crippen LogP contribution in [0, 0.1) is 0 Å². The van der Waals surface area contributed by atoms with Crippen molar-refractivity contribution >= 4 is 20.0 Å². The first-order valence-electron chi connectivity index (χ1n) is 5.85. The summed E-state index contributed by atoms with van der Waals surface area (Å²) in [7, 11) is 6.16. The van der Waals surface area contributed by atoms with Crippen LogP contribution >= 0.6 is 0 Å². The third-order valence-electron chi connectivity index (χ3n) is 2.87. The van der Waals surface area contributed by atoms with E-state index in [9.17, 15) is 9.59 Å². The quantitative estimate of drug-likeness (QED) is 0.632. The van der Waals surface area contributed by atoms with Gasteiger partial charge in [0.2, 0.25) is 0 Å². The van der Waals surface area contributed by atoms with Gasteiger partial charge in [-0.05, 0) is 35.4 Å². The van der Waals surface area contributed by atoms with E-state index in [1.807, 2.05) is 12.1 Å². The summed E-state index contributed by atoms with van der Waals surface area (Å²) in [5, 5.41) is 0. The second-order valence-corrected chi connectivity index (χ2v) is 4.05. The van der Waals surface area contributed by atoms with E-state index >= 15 is 0 Å². The van der Waals surface area contributed by atoms with Gasteiger partial charge in [-0.2, -0.15) is 0 Å². The Morgan fingerprint density at radius 2 is 1.20 bits per heavy atom. The fraction of sp³-hybridized carbons (Fsp3) is 0.0667. The summed E-state index contributed by atoms with van der Waals surface area (Å²) < 4.78 is 8.78. The van der Waals surface area contributed by atoms with Gasteiger partial charge in [-0.15, -0.1) is 0 Å². The molecule has 0 aliphatic carbocycles. The minimum Gasteiger partial charge on any atom is -0.540 e. The molecule has 0 aliphatic heterocycles. The number of carbonyl (C=O) groups is 2. The summed E-state index contributed by atoms with van der Waals surface area (Å²) in [4.78, 5) is 22.5. The third kappa shape index (κ3) is 2.88. The number of hydrogen-bond donors (Lipinski definition) is 0. The number of benzene rings is 2. The molecule has 0 N–H and O–H groups in total. The number of methoxy groups -OCH3 is 1. The lowest BCUT2D eigenvalue weighted by molar-refractivity contribution is 0.0600. The molecule has 0 heterocycles. The van der Waals surface area contributed by atoms with Gasteiger partial charge < -0.3 is 9.39 Å². The largest absolute Gasteiger partial charge is 0.540 e. The molecule has 2 rings (SSSR count). The number of rotatable bonds is 3. The van der Waals surface area contributed by atoms with Crippen LogP contribution in [-0.2, 0) is 9.39 Å². The molecule has 2 aromatic rings. The zero-order chi connectivity index (χ0) is 14.5. The van der Waals surface area contributed by atoms with Crippen molar-refractivity contribution in [3.63, 3.8) is 0 Å². The van der Waals surface area contributed by atoms with E-state index in [1.165, 1.54) is 7.11 Å². The molecular weight excluding hydrogens is 255 g/mol. The molecule has 0 atom stereocenters. The first-order chi connectivity index (χ1) is 9.65. The van der Waals surface area contributed by atoms with E-state index in [4.69, 9.17) is 8.05 Å². The molecule has 0 bridgehead atoms. The molecule has 0 aliphatic rings. The highest BCUT2D eigenvalue weighted by Crippen LogP contribution is 2.20. The molecule has 98 valence electrons. The maximum absolute atomic E-state index is 11.3. The first-order valence-corrected chi connectivity index (χ1v) is 5.85. The predicted molar refractivity (Wildman–Crippen MR) is 74.4 cm³/mol. The number of carbonyl (C=O) groups excluding carboxylic acids is 2. The SMILES string of the molecule is [B]OC(=O)c1ccc(-c2ccc(C(=O)OC)cc2)cc1. The van der Waals surface area contributed by atoms with Crippen molar-refractivity contribution in [2.24, 2.45) is 0 Å². The van der Waals surface area contributed by atoms with Gasteiger partial charge in [0.1, 0.15) is 0 Å².